The van der Waals surface area contributed by atoms with Crippen LogP contribution in [0.25, 0.3) is 0 Å². The van der Waals surface area contributed by atoms with E-state index in [4.69, 9.17) is 10.2 Å². The standard InChI is InChI=1S/C6H13NO4/c1-4(2)5(8)6(3,9)7(10)11/h4-5,8-9H,1-3H3. The van der Waals surface area contributed by atoms with Crippen molar-refractivity contribution < 1.29 is 15.1 Å². The van der Waals surface area contributed by atoms with Crippen LogP contribution in [0.4, 0.5) is 0 Å². The molecular formula is C6H13NO4. The molecule has 0 aromatic carbocycles. The highest BCUT2D eigenvalue weighted by atomic mass is 16.7. The summed E-state index contributed by atoms with van der Waals surface area (Å²) in [6, 6.07) is 0. The van der Waals surface area contributed by atoms with Crippen LogP contribution in [0.1, 0.15) is 20.8 Å². The zero-order valence-electron chi connectivity index (χ0n) is 6.81. The number of rotatable bonds is 3. The van der Waals surface area contributed by atoms with Crippen molar-refractivity contribution in [3.8, 4) is 0 Å². The molecule has 66 valence electrons. The van der Waals surface area contributed by atoms with Crippen molar-refractivity contribution >= 4 is 0 Å². The maximum absolute atomic E-state index is 10.2. The molecule has 5 nitrogen and oxygen atoms in total. The molecule has 11 heavy (non-hydrogen) atoms. The molecular weight excluding hydrogens is 150 g/mol. The summed E-state index contributed by atoms with van der Waals surface area (Å²) in [5.74, 6) is -0.338. The van der Waals surface area contributed by atoms with Crippen molar-refractivity contribution in [2.75, 3.05) is 0 Å². The molecule has 2 N–H and O–H groups in total. The summed E-state index contributed by atoms with van der Waals surface area (Å²) >= 11 is 0. The molecule has 0 fully saturated rings. The normalized spacial score (nSPS) is 19.5. The lowest BCUT2D eigenvalue weighted by molar-refractivity contribution is -0.634. The zero-order valence-corrected chi connectivity index (χ0v) is 6.81. The lowest BCUT2D eigenvalue weighted by atomic mass is 9.98. The van der Waals surface area contributed by atoms with Gasteiger partial charge in [0.15, 0.2) is 6.10 Å². The highest BCUT2D eigenvalue weighted by Crippen LogP contribution is 2.17. The molecule has 2 atom stereocenters. The second-order valence-corrected chi connectivity index (χ2v) is 3.04. The number of nitro groups is 1. The Kier molecular flexibility index (Phi) is 2.95. The maximum atomic E-state index is 10.2. The minimum absolute atomic E-state index is 0.338. The minimum Gasteiger partial charge on any atom is -0.382 e. The fraction of sp³-hybridized carbons (Fsp3) is 1.00. The Hall–Kier alpha value is -0.680. The van der Waals surface area contributed by atoms with Crippen molar-refractivity contribution in [2.45, 2.75) is 32.6 Å². The topological polar surface area (TPSA) is 83.6 Å². The highest BCUT2D eigenvalue weighted by Gasteiger charge is 2.44. The van der Waals surface area contributed by atoms with E-state index in [1.54, 1.807) is 13.8 Å². The summed E-state index contributed by atoms with van der Waals surface area (Å²) in [5.41, 5.74) is -2.24. The monoisotopic (exact) mass is 163 g/mol. The SMILES string of the molecule is CC(C)C(O)C(C)(O)[N+](=O)[O-]. The van der Waals surface area contributed by atoms with E-state index < -0.39 is 16.8 Å². The molecule has 0 aromatic heterocycles. The molecule has 0 rings (SSSR count). The van der Waals surface area contributed by atoms with Crippen LogP contribution in [0.3, 0.4) is 0 Å². The van der Waals surface area contributed by atoms with E-state index in [0.717, 1.165) is 6.92 Å². The summed E-state index contributed by atoms with van der Waals surface area (Å²) in [4.78, 5) is 9.27. The molecule has 0 saturated carbocycles. The van der Waals surface area contributed by atoms with Crippen LogP contribution < -0.4 is 0 Å². The van der Waals surface area contributed by atoms with E-state index in [1.165, 1.54) is 0 Å². The first kappa shape index (κ1) is 10.3. The van der Waals surface area contributed by atoms with Gasteiger partial charge < -0.3 is 10.2 Å². The average molecular weight is 163 g/mol. The molecule has 5 heteroatoms. The van der Waals surface area contributed by atoms with Gasteiger partial charge in [0.05, 0.1) is 4.92 Å². The van der Waals surface area contributed by atoms with Gasteiger partial charge in [0.2, 0.25) is 0 Å². The van der Waals surface area contributed by atoms with Gasteiger partial charge >= 0.3 is 5.72 Å². The van der Waals surface area contributed by atoms with E-state index in [-0.39, 0.29) is 5.92 Å². The van der Waals surface area contributed by atoms with E-state index in [0.29, 0.717) is 0 Å². The van der Waals surface area contributed by atoms with Crippen LogP contribution in [-0.2, 0) is 0 Å². The second kappa shape index (κ2) is 3.15. The third-order valence-corrected chi connectivity index (χ3v) is 1.56. The van der Waals surface area contributed by atoms with Gasteiger partial charge in [0.25, 0.3) is 0 Å². The Bertz CT molecular complexity index is 155. The van der Waals surface area contributed by atoms with Crippen LogP contribution in [0, 0.1) is 16.0 Å². The highest BCUT2D eigenvalue weighted by molar-refractivity contribution is 4.73. The molecule has 0 aliphatic rings. The molecule has 0 amide bonds. The van der Waals surface area contributed by atoms with Crippen LogP contribution in [0.5, 0.6) is 0 Å². The average Bonchev–Trinajstić information content (AvgIpc) is 1.85. The van der Waals surface area contributed by atoms with E-state index in [9.17, 15) is 10.1 Å². The Balaban J connectivity index is 4.42. The summed E-state index contributed by atoms with van der Waals surface area (Å²) < 4.78 is 0. The van der Waals surface area contributed by atoms with E-state index in [2.05, 4.69) is 0 Å². The van der Waals surface area contributed by atoms with Gasteiger partial charge in [-0.05, 0) is 5.92 Å². The smallest absolute Gasteiger partial charge is 0.345 e. The molecule has 0 aliphatic heterocycles. The Morgan fingerprint density at radius 2 is 1.91 bits per heavy atom. The largest absolute Gasteiger partial charge is 0.382 e. The summed E-state index contributed by atoms with van der Waals surface area (Å²) in [7, 11) is 0. The first-order chi connectivity index (χ1) is 4.80. The van der Waals surface area contributed by atoms with Crippen LogP contribution in [-0.4, -0.2) is 27.0 Å². The number of aliphatic hydroxyl groups is 2. The Morgan fingerprint density at radius 1 is 1.55 bits per heavy atom. The molecule has 0 bridgehead atoms. The van der Waals surface area contributed by atoms with Gasteiger partial charge in [0.1, 0.15) is 0 Å². The van der Waals surface area contributed by atoms with Crippen molar-refractivity contribution in [2.24, 2.45) is 5.92 Å². The van der Waals surface area contributed by atoms with Crippen LogP contribution in [0.15, 0.2) is 0 Å². The quantitative estimate of drug-likeness (QED) is 0.348. The molecule has 0 aliphatic carbocycles. The van der Waals surface area contributed by atoms with Gasteiger partial charge in [-0.25, -0.2) is 0 Å². The third-order valence-electron chi connectivity index (χ3n) is 1.56. The van der Waals surface area contributed by atoms with Gasteiger partial charge in [-0.2, -0.15) is 0 Å². The maximum Gasteiger partial charge on any atom is 0.345 e. The fourth-order valence-electron chi connectivity index (χ4n) is 0.739. The van der Waals surface area contributed by atoms with Crippen molar-refractivity contribution in [1.82, 2.24) is 0 Å². The first-order valence-electron chi connectivity index (χ1n) is 3.35. The number of hydrogen-bond donors (Lipinski definition) is 2. The van der Waals surface area contributed by atoms with Gasteiger partial charge in [-0.15, -0.1) is 0 Å². The predicted octanol–water partition coefficient (Wildman–Crippen LogP) is -0.0115. The lowest BCUT2D eigenvalue weighted by Gasteiger charge is -2.22. The fourth-order valence-corrected chi connectivity index (χ4v) is 0.739. The summed E-state index contributed by atoms with van der Waals surface area (Å²) in [5, 5.41) is 28.4. The summed E-state index contributed by atoms with van der Waals surface area (Å²) in [6.45, 7) is 4.18. The third kappa shape index (κ3) is 2.13. The number of nitrogens with zero attached hydrogens (tertiary/aromatic N) is 1. The Morgan fingerprint density at radius 3 is 2.00 bits per heavy atom. The van der Waals surface area contributed by atoms with Gasteiger partial charge in [-0.3, -0.25) is 10.1 Å². The molecule has 0 spiro atoms. The molecule has 0 radical (unpaired) electrons. The van der Waals surface area contributed by atoms with E-state index >= 15 is 0 Å². The zero-order chi connectivity index (χ0) is 9.23. The molecule has 2 unspecified atom stereocenters. The number of hydrogen-bond acceptors (Lipinski definition) is 4. The molecule has 0 aromatic rings. The van der Waals surface area contributed by atoms with Crippen molar-refractivity contribution in [1.29, 1.82) is 0 Å². The van der Waals surface area contributed by atoms with Crippen LogP contribution in [0.2, 0.25) is 0 Å². The van der Waals surface area contributed by atoms with E-state index in [1.807, 2.05) is 0 Å². The minimum atomic E-state index is -2.24. The number of aliphatic hydroxyl groups excluding tert-OH is 1. The second-order valence-electron chi connectivity index (χ2n) is 3.04. The van der Waals surface area contributed by atoms with Gasteiger partial charge in [-0.1, -0.05) is 13.8 Å². The van der Waals surface area contributed by atoms with Crippen molar-refractivity contribution in [3.05, 3.63) is 10.1 Å². The van der Waals surface area contributed by atoms with Gasteiger partial charge in [0, 0.05) is 6.92 Å². The predicted molar refractivity (Wildman–Crippen MR) is 38.5 cm³/mol. The first-order valence-corrected chi connectivity index (χ1v) is 3.35. The lowest BCUT2D eigenvalue weighted by Crippen LogP contribution is -2.49. The molecule has 0 saturated heterocycles. The van der Waals surface area contributed by atoms with Crippen molar-refractivity contribution in [3.63, 3.8) is 0 Å². The summed E-state index contributed by atoms with van der Waals surface area (Å²) in [6.07, 6.45) is -1.34. The molecule has 0 heterocycles. The Labute approximate surface area is 64.8 Å². The van der Waals surface area contributed by atoms with Crippen LogP contribution >= 0.6 is 0 Å².